The summed E-state index contributed by atoms with van der Waals surface area (Å²) in [5.74, 6) is 0.796. The fraction of sp³-hybridized carbons (Fsp3) is 0.600. The Kier molecular flexibility index (Phi) is 4.42. The lowest BCUT2D eigenvalue weighted by molar-refractivity contribution is 0.00578. The normalized spacial score (nSPS) is 20.1. The molecule has 20 heavy (non-hydrogen) atoms. The second-order valence-electron chi connectivity index (χ2n) is 6.08. The molecule has 0 amide bonds. The molecule has 0 spiro atoms. The largest absolute Gasteiger partial charge is 0.468 e. The molecule has 0 atom stereocenters. The molecule has 1 fully saturated rings. The van der Waals surface area contributed by atoms with Gasteiger partial charge in [0.05, 0.1) is 11.2 Å². The summed E-state index contributed by atoms with van der Waals surface area (Å²) in [5.41, 5.74) is 0.603. The van der Waals surface area contributed by atoms with Gasteiger partial charge in [0.2, 0.25) is 0 Å². The van der Waals surface area contributed by atoms with Gasteiger partial charge in [0.15, 0.2) is 6.79 Å². The van der Waals surface area contributed by atoms with Crippen LogP contribution in [-0.2, 0) is 20.4 Å². The summed E-state index contributed by atoms with van der Waals surface area (Å²) in [6.45, 7) is 8.52. The predicted molar refractivity (Wildman–Crippen MR) is 78.7 cm³/mol. The zero-order valence-electron chi connectivity index (χ0n) is 12.9. The molecule has 1 heterocycles. The van der Waals surface area contributed by atoms with Gasteiger partial charge in [0.25, 0.3) is 0 Å². The Balaban J connectivity index is 1.95. The van der Waals surface area contributed by atoms with E-state index in [9.17, 15) is 0 Å². The molecule has 0 aromatic heterocycles. The monoisotopic (exact) mass is 278 g/mol. The maximum Gasteiger partial charge on any atom is 0.462 e. The van der Waals surface area contributed by atoms with Gasteiger partial charge in [-0.15, -0.1) is 0 Å². The van der Waals surface area contributed by atoms with Crippen LogP contribution in [0.25, 0.3) is 0 Å². The van der Waals surface area contributed by atoms with Crippen molar-refractivity contribution >= 4 is 7.12 Å². The molecule has 2 rings (SSSR count). The summed E-state index contributed by atoms with van der Waals surface area (Å²) in [6, 6.07) is 7.91. The Morgan fingerprint density at radius 2 is 1.55 bits per heavy atom. The van der Waals surface area contributed by atoms with Crippen molar-refractivity contribution in [1.82, 2.24) is 0 Å². The van der Waals surface area contributed by atoms with Crippen LogP contribution in [0.3, 0.4) is 0 Å². The van der Waals surface area contributed by atoms with Gasteiger partial charge >= 0.3 is 7.12 Å². The number of hydrogen-bond donors (Lipinski definition) is 0. The lowest BCUT2D eigenvalue weighted by atomic mass is 9.81. The van der Waals surface area contributed by atoms with Crippen molar-refractivity contribution in [3.8, 4) is 5.75 Å². The molecule has 1 aliphatic rings. The molecule has 1 aromatic carbocycles. The molecule has 0 N–H and O–H groups in total. The number of benzene rings is 1. The van der Waals surface area contributed by atoms with Crippen molar-refractivity contribution in [2.24, 2.45) is 0 Å². The molecule has 0 radical (unpaired) electrons. The first kappa shape index (κ1) is 15.4. The molecule has 5 heteroatoms. The van der Waals surface area contributed by atoms with Gasteiger partial charge in [-0.25, -0.2) is 0 Å². The highest BCUT2D eigenvalue weighted by Gasteiger charge is 2.50. The average molecular weight is 278 g/mol. The minimum absolute atomic E-state index is 0.203. The van der Waals surface area contributed by atoms with Crippen LogP contribution in [0.15, 0.2) is 24.3 Å². The molecular weight excluding hydrogens is 255 g/mol. The van der Waals surface area contributed by atoms with E-state index < -0.39 is 0 Å². The van der Waals surface area contributed by atoms with Crippen LogP contribution in [0.4, 0.5) is 0 Å². The highest BCUT2D eigenvalue weighted by Crippen LogP contribution is 2.37. The molecule has 0 saturated carbocycles. The van der Waals surface area contributed by atoms with E-state index in [0.29, 0.717) is 0 Å². The van der Waals surface area contributed by atoms with E-state index >= 15 is 0 Å². The Morgan fingerprint density at radius 3 is 2.05 bits per heavy atom. The summed E-state index contributed by atoms with van der Waals surface area (Å²) in [7, 11) is 1.40. The van der Waals surface area contributed by atoms with Crippen molar-refractivity contribution in [1.29, 1.82) is 0 Å². The summed E-state index contributed by atoms with van der Waals surface area (Å²) >= 11 is 0. The van der Waals surface area contributed by atoms with Crippen molar-refractivity contribution in [2.45, 2.75) is 45.2 Å². The minimum atomic E-state index is -0.279. The first-order valence-electron chi connectivity index (χ1n) is 6.90. The lowest BCUT2D eigenvalue weighted by Gasteiger charge is -2.32. The van der Waals surface area contributed by atoms with Gasteiger partial charge in [-0.3, -0.25) is 0 Å². The Bertz CT molecular complexity index is 426. The Labute approximate surface area is 121 Å². The summed E-state index contributed by atoms with van der Waals surface area (Å²) in [4.78, 5) is 0. The topological polar surface area (TPSA) is 36.9 Å². The van der Waals surface area contributed by atoms with Crippen LogP contribution >= 0.6 is 0 Å². The standard InChI is InChI=1S/C15H23BO4/c1-14(2)15(3,4)20-16(19-14)10-12-6-8-13(9-7-12)18-11-17-5/h6-9H,10-11H2,1-5H3. The van der Waals surface area contributed by atoms with Gasteiger partial charge in [-0.05, 0) is 45.4 Å². The molecule has 1 aliphatic heterocycles. The van der Waals surface area contributed by atoms with Crippen molar-refractivity contribution in [2.75, 3.05) is 13.9 Å². The number of hydrogen-bond acceptors (Lipinski definition) is 4. The quantitative estimate of drug-likeness (QED) is 0.613. The van der Waals surface area contributed by atoms with Crippen LogP contribution in [-0.4, -0.2) is 32.2 Å². The van der Waals surface area contributed by atoms with Crippen LogP contribution in [0, 0.1) is 0 Å². The third kappa shape index (κ3) is 3.34. The van der Waals surface area contributed by atoms with Crippen LogP contribution in [0.5, 0.6) is 5.75 Å². The van der Waals surface area contributed by atoms with Crippen LogP contribution in [0.1, 0.15) is 33.3 Å². The van der Waals surface area contributed by atoms with Crippen LogP contribution < -0.4 is 4.74 Å². The molecular formula is C15H23BO4. The maximum atomic E-state index is 5.99. The van der Waals surface area contributed by atoms with Crippen molar-refractivity contribution in [3.63, 3.8) is 0 Å². The molecule has 0 bridgehead atoms. The average Bonchev–Trinajstić information content (AvgIpc) is 2.56. The van der Waals surface area contributed by atoms with Gasteiger partial charge < -0.3 is 18.8 Å². The second kappa shape index (κ2) is 5.76. The number of rotatable bonds is 5. The van der Waals surface area contributed by atoms with E-state index in [4.69, 9.17) is 18.8 Å². The first-order chi connectivity index (χ1) is 9.34. The highest BCUT2D eigenvalue weighted by atomic mass is 16.7. The molecule has 1 aromatic rings. The maximum absolute atomic E-state index is 5.99. The second-order valence-corrected chi connectivity index (χ2v) is 6.08. The van der Waals surface area contributed by atoms with Crippen LogP contribution in [0.2, 0.25) is 0 Å². The molecule has 1 saturated heterocycles. The predicted octanol–water partition coefficient (Wildman–Crippen LogP) is 2.84. The third-order valence-corrected chi connectivity index (χ3v) is 3.97. The smallest absolute Gasteiger partial charge is 0.462 e. The zero-order chi connectivity index (χ0) is 14.8. The molecule has 110 valence electrons. The van der Waals surface area contributed by atoms with E-state index in [-0.39, 0.29) is 25.1 Å². The van der Waals surface area contributed by atoms with E-state index in [1.807, 2.05) is 24.3 Å². The van der Waals surface area contributed by atoms with Gasteiger partial charge in [0, 0.05) is 13.4 Å². The number of ether oxygens (including phenoxy) is 2. The van der Waals surface area contributed by atoms with Gasteiger partial charge in [-0.2, -0.15) is 0 Å². The minimum Gasteiger partial charge on any atom is -0.468 e. The third-order valence-electron chi connectivity index (χ3n) is 3.97. The zero-order valence-corrected chi connectivity index (χ0v) is 12.9. The van der Waals surface area contributed by atoms with Crippen molar-refractivity contribution in [3.05, 3.63) is 29.8 Å². The SMILES string of the molecule is COCOc1ccc(CB2OC(C)(C)C(C)(C)O2)cc1. The van der Waals surface area contributed by atoms with E-state index in [1.165, 1.54) is 0 Å². The van der Waals surface area contributed by atoms with E-state index in [1.54, 1.807) is 7.11 Å². The molecule has 0 unspecified atom stereocenters. The Morgan fingerprint density at radius 1 is 1.00 bits per heavy atom. The van der Waals surface area contributed by atoms with E-state index in [0.717, 1.165) is 17.6 Å². The summed E-state index contributed by atoms with van der Waals surface area (Å²) in [5, 5.41) is 0. The fourth-order valence-electron chi connectivity index (χ4n) is 2.09. The molecule has 4 nitrogen and oxygen atoms in total. The summed E-state index contributed by atoms with van der Waals surface area (Å²) in [6.07, 6.45) is 0.734. The van der Waals surface area contributed by atoms with Crippen molar-refractivity contribution < 1.29 is 18.8 Å². The lowest BCUT2D eigenvalue weighted by Crippen LogP contribution is -2.41. The van der Waals surface area contributed by atoms with Gasteiger partial charge in [-0.1, -0.05) is 12.1 Å². The first-order valence-corrected chi connectivity index (χ1v) is 6.90. The summed E-state index contributed by atoms with van der Waals surface area (Å²) < 4.78 is 22.2. The van der Waals surface area contributed by atoms with E-state index in [2.05, 4.69) is 27.7 Å². The highest BCUT2D eigenvalue weighted by molar-refractivity contribution is 6.45. The van der Waals surface area contributed by atoms with Gasteiger partial charge in [0.1, 0.15) is 5.75 Å². The molecule has 0 aliphatic carbocycles. The Hall–Kier alpha value is -1.04. The fourth-order valence-corrected chi connectivity index (χ4v) is 2.09. The number of methoxy groups -OCH3 is 1.